The Morgan fingerprint density at radius 3 is 2.71 bits per heavy atom. The first kappa shape index (κ1) is 13.4. The van der Waals surface area contributed by atoms with Crippen LogP contribution in [0.15, 0.2) is 35.2 Å². The van der Waals surface area contributed by atoms with Crippen LogP contribution in [-0.2, 0) is 20.3 Å². The molecule has 1 rings (SSSR count). The molecule has 0 fully saturated rings. The van der Waals surface area contributed by atoms with E-state index in [9.17, 15) is 9.00 Å². The maximum atomic E-state index is 11.7. The molecule has 1 aromatic rings. The van der Waals surface area contributed by atoms with Crippen molar-refractivity contribution < 1.29 is 13.7 Å². The molecule has 0 aromatic heterocycles. The van der Waals surface area contributed by atoms with E-state index in [4.69, 9.17) is 10.00 Å². The van der Waals surface area contributed by atoms with Crippen molar-refractivity contribution in [1.29, 1.82) is 5.26 Å². The number of ether oxygens (including phenoxy) is 1. The van der Waals surface area contributed by atoms with Crippen LogP contribution in [0.25, 0.3) is 0 Å². The normalized spacial score (nSPS) is 11.5. The molecule has 90 valence electrons. The summed E-state index contributed by atoms with van der Waals surface area (Å²) in [5, 5.41) is 8.26. The van der Waals surface area contributed by atoms with E-state index in [-0.39, 0.29) is 25.2 Å². The Morgan fingerprint density at radius 2 is 2.06 bits per heavy atom. The van der Waals surface area contributed by atoms with E-state index in [1.807, 2.05) is 12.1 Å². The van der Waals surface area contributed by atoms with Gasteiger partial charge in [-0.05, 0) is 12.1 Å². The fraction of sp³-hybridized carbons (Fsp3) is 0.333. The number of rotatable bonds is 6. The standard InChI is InChI=1S/C12H13NO3S/c13-8-4-9-16-12(14)7-10-17(15)11-5-2-1-3-6-11/h1-3,5-6H,4,7,9-10H2. The first-order valence-corrected chi connectivity index (χ1v) is 6.52. The van der Waals surface area contributed by atoms with Gasteiger partial charge in [0.25, 0.3) is 0 Å². The van der Waals surface area contributed by atoms with E-state index in [1.165, 1.54) is 0 Å². The summed E-state index contributed by atoms with van der Waals surface area (Å²) in [6, 6.07) is 10.9. The Balaban J connectivity index is 2.29. The summed E-state index contributed by atoms with van der Waals surface area (Å²) in [6.45, 7) is 0.104. The summed E-state index contributed by atoms with van der Waals surface area (Å²) in [5.74, 6) is -0.167. The van der Waals surface area contributed by atoms with Crippen LogP contribution in [0.5, 0.6) is 0 Å². The maximum Gasteiger partial charge on any atom is 0.306 e. The minimum Gasteiger partial charge on any atom is -0.465 e. The van der Waals surface area contributed by atoms with Gasteiger partial charge in [-0.15, -0.1) is 0 Å². The van der Waals surface area contributed by atoms with Crippen molar-refractivity contribution >= 4 is 16.8 Å². The second kappa shape index (κ2) is 7.58. The number of hydrogen-bond donors (Lipinski definition) is 0. The molecule has 0 radical (unpaired) electrons. The first-order valence-electron chi connectivity index (χ1n) is 5.20. The zero-order chi connectivity index (χ0) is 12.5. The summed E-state index contributed by atoms with van der Waals surface area (Å²) >= 11 is 0. The van der Waals surface area contributed by atoms with Crippen LogP contribution < -0.4 is 0 Å². The van der Waals surface area contributed by atoms with Crippen molar-refractivity contribution in [3.8, 4) is 6.07 Å². The quantitative estimate of drug-likeness (QED) is 0.569. The molecular formula is C12H13NO3S. The zero-order valence-electron chi connectivity index (χ0n) is 9.30. The third kappa shape index (κ3) is 5.27. The topological polar surface area (TPSA) is 67.2 Å². The van der Waals surface area contributed by atoms with Gasteiger partial charge in [0.2, 0.25) is 0 Å². The average molecular weight is 251 g/mol. The summed E-state index contributed by atoms with van der Waals surface area (Å²) < 4.78 is 16.5. The monoisotopic (exact) mass is 251 g/mol. The van der Waals surface area contributed by atoms with Gasteiger partial charge < -0.3 is 4.74 Å². The summed E-state index contributed by atoms with van der Waals surface area (Å²) in [7, 11) is -1.18. The predicted molar refractivity (Wildman–Crippen MR) is 63.5 cm³/mol. The highest BCUT2D eigenvalue weighted by molar-refractivity contribution is 7.85. The van der Waals surface area contributed by atoms with Crippen LogP contribution in [0, 0.1) is 11.3 Å². The molecule has 0 aliphatic rings. The molecule has 0 heterocycles. The Hall–Kier alpha value is -1.67. The lowest BCUT2D eigenvalue weighted by Gasteiger charge is -2.03. The number of esters is 1. The number of carbonyl (C=O) groups is 1. The number of carbonyl (C=O) groups excluding carboxylic acids is 1. The molecule has 0 saturated carbocycles. The van der Waals surface area contributed by atoms with Crippen LogP contribution in [-0.4, -0.2) is 22.5 Å². The first-order chi connectivity index (χ1) is 8.24. The van der Waals surface area contributed by atoms with Gasteiger partial charge in [-0.25, -0.2) is 0 Å². The molecule has 0 spiro atoms. The fourth-order valence-electron chi connectivity index (χ4n) is 1.15. The molecular weight excluding hydrogens is 238 g/mol. The maximum absolute atomic E-state index is 11.7. The highest BCUT2D eigenvalue weighted by Gasteiger charge is 2.08. The molecule has 0 aliphatic carbocycles. The van der Waals surface area contributed by atoms with Crippen molar-refractivity contribution in [3.05, 3.63) is 30.3 Å². The van der Waals surface area contributed by atoms with Gasteiger partial charge >= 0.3 is 5.97 Å². The van der Waals surface area contributed by atoms with Crippen molar-refractivity contribution in [2.75, 3.05) is 12.4 Å². The predicted octanol–water partition coefficient (Wildman–Crippen LogP) is 1.64. The van der Waals surface area contributed by atoms with Gasteiger partial charge in [-0.2, -0.15) is 5.26 Å². The van der Waals surface area contributed by atoms with E-state index >= 15 is 0 Å². The lowest BCUT2D eigenvalue weighted by molar-refractivity contribution is -0.142. The van der Waals surface area contributed by atoms with Crippen molar-refractivity contribution in [2.24, 2.45) is 0 Å². The fourth-order valence-corrected chi connectivity index (χ4v) is 2.20. The zero-order valence-corrected chi connectivity index (χ0v) is 10.1. The number of nitrogens with zero attached hydrogens (tertiary/aromatic N) is 1. The van der Waals surface area contributed by atoms with Crippen LogP contribution in [0.4, 0.5) is 0 Å². The molecule has 1 unspecified atom stereocenters. The molecule has 4 nitrogen and oxygen atoms in total. The van der Waals surface area contributed by atoms with Gasteiger partial charge in [0.1, 0.15) is 6.61 Å². The average Bonchev–Trinajstić information content (AvgIpc) is 2.37. The third-order valence-corrected chi connectivity index (χ3v) is 3.35. The lowest BCUT2D eigenvalue weighted by Crippen LogP contribution is -2.10. The summed E-state index contributed by atoms with van der Waals surface area (Å²) in [4.78, 5) is 11.9. The van der Waals surface area contributed by atoms with Crippen LogP contribution in [0.3, 0.4) is 0 Å². The molecule has 0 saturated heterocycles. The number of nitriles is 1. The Labute approximate surface area is 103 Å². The van der Waals surface area contributed by atoms with Gasteiger partial charge in [0.15, 0.2) is 0 Å². The van der Waals surface area contributed by atoms with Gasteiger partial charge in [-0.3, -0.25) is 9.00 Å². The smallest absolute Gasteiger partial charge is 0.306 e. The molecule has 5 heteroatoms. The highest BCUT2D eigenvalue weighted by Crippen LogP contribution is 2.06. The van der Waals surface area contributed by atoms with Crippen LogP contribution >= 0.6 is 0 Å². The van der Waals surface area contributed by atoms with Crippen molar-refractivity contribution in [3.63, 3.8) is 0 Å². The Kier molecular flexibility index (Phi) is 5.97. The van der Waals surface area contributed by atoms with E-state index in [0.717, 1.165) is 0 Å². The van der Waals surface area contributed by atoms with Crippen LogP contribution in [0.2, 0.25) is 0 Å². The Bertz CT molecular complexity index is 425. The minimum absolute atomic E-state index is 0.104. The largest absolute Gasteiger partial charge is 0.465 e. The van der Waals surface area contributed by atoms with Gasteiger partial charge in [0, 0.05) is 10.6 Å². The van der Waals surface area contributed by atoms with Crippen molar-refractivity contribution in [2.45, 2.75) is 17.7 Å². The number of hydrogen-bond acceptors (Lipinski definition) is 4. The van der Waals surface area contributed by atoms with Gasteiger partial charge in [0.05, 0.1) is 29.7 Å². The van der Waals surface area contributed by atoms with Gasteiger partial charge in [-0.1, -0.05) is 18.2 Å². The molecule has 1 atom stereocenters. The Morgan fingerprint density at radius 1 is 1.35 bits per heavy atom. The molecule has 0 bridgehead atoms. The SMILES string of the molecule is N#CCCOC(=O)CCS(=O)c1ccccc1. The van der Waals surface area contributed by atoms with Crippen LogP contribution in [0.1, 0.15) is 12.8 Å². The molecule has 17 heavy (non-hydrogen) atoms. The second-order valence-corrected chi connectivity index (χ2v) is 4.81. The van der Waals surface area contributed by atoms with E-state index < -0.39 is 16.8 Å². The minimum atomic E-state index is -1.18. The summed E-state index contributed by atoms with van der Waals surface area (Å²) in [5.41, 5.74) is 0. The van der Waals surface area contributed by atoms with E-state index in [0.29, 0.717) is 4.90 Å². The molecule has 0 N–H and O–H groups in total. The number of benzene rings is 1. The lowest BCUT2D eigenvalue weighted by atomic mass is 10.4. The van der Waals surface area contributed by atoms with E-state index in [2.05, 4.69) is 0 Å². The summed E-state index contributed by atoms with van der Waals surface area (Å²) in [6.07, 6.45) is 0.292. The second-order valence-electron chi connectivity index (χ2n) is 3.24. The third-order valence-electron chi connectivity index (χ3n) is 1.97. The van der Waals surface area contributed by atoms with Crippen molar-refractivity contribution in [1.82, 2.24) is 0 Å². The molecule has 0 aliphatic heterocycles. The molecule has 0 amide bonds. The van der Waals surface area contributed by atoms with E-state index in [1.54, 1.807) is 24.3 Å². The molecule has 1 aromatic carbocycles. The highest BCUT2D eigenvalue weighted by atomic mass is 32.2.